The molecule has 2 fully saturated rings. The van der Waals surface area contributed by atoms with Crippen molar-refractivity contribution in [1.29, 1.82) is 0 Å². The van der Waals surface area contributed by atoms with Crippen LogP contribution in [0.15, 0.2) is 12.2 Å². The van der Waals surface area contributed by atoms with Crippen LogP contribution in [0, 0.1) is 11.3 Å². The van der Waals surface area contributed by atoms with Gasteiger partial charge in [-0.3, -0.25) is 4.79 Å². The van der Waals surface area contributed by atoms with Crippen molar-refractivity contribution in [2.24, 2.45) is 11.3 Å². The molecule has 2 rings (SSSR count). The normalized spacial score (nSPS) is 41.7. The molecule has 1 saturated heterocycles. The minimum atomic E-state index is -0.0140. The molecular weight excluding hydrogens is 176 g/mol. The lowest BCUT2D eigenvalue weighted by Crippen LogP contribution is -2.35. The summed E-state index contributed by atoms with van der Waals surface area (Å²) in [7, 11) is 0. The molecule has 14 heavy (non-hydrogen) atoms. The van der Waals surface area contributed by atoms with Crippen LogP contribution in [0.2, 0.25) is 0 Å². The molecule has 1 aliphatic heterocycles. The predicted molar refractivity (Wildman–Crippen MR) is 54.8 cm³/mol. The maximum atomic E-state index is 11.2. The van der Waals surface area contributed by atoms with Crippen LogP contribution in [0.3, 0.4) is 0 Å². The minimum absolute atomic E-state index is 0.0140. The summed E-state index contributed by atoms with van der Waals surface area (Å²) >= 11 is 0. The zero-order valence-corrected chi connectivity index (χ0v) is 9.01. The van der Waals surface area contributed by atoms with Crippen LogP contribution in [0.25, 0.3) is 0 Å². The molecule has 1 unspecified atom stereocenters. The summed E-state index contributed by atoms with van der Waals surface area (Å²) in [5.74, 6) is 0.541. The monoisotopic (exact) mass is 194 g/mol. The summed E-state index contributed by atoms with van der Waals surface area (Å²) in [6, 6.07) is 0. The Morgan fingerprint density at radius 2 is 2.36 bits per heavy atom. The smallest absolute Gasteiger partial charge is 0.306 e. The molecule has 1 heterocycles. The van der Waals surface area contributed by atoms with Crippen LogP contribution in [-0.4, -0.2) is 12.1 Å². The Hall–Kier alpha value is -0.790. The maximum Gasteiger partial charge on any atom is 0.306 e. The van der Waals surface area contributed by atoms with E-state index in [1.165, 1.54) is 12.0 Å². The molecule has 78 valence electrons. The number of allylic oxidation sites excluding steroid dienone is 1. The number of hydrogen-bond donors (Lipinski definition) is 0. The highest BCUT2D eigenvalue weighted by Crippen LogP contribution is 2.48. The standard InChI is InChI=1S/C12H18O2/c1-8(2)9-4-5-12(3)7-11(13)14-10(12)6-9/h9-10H,1,4-7H2,2-3H3/t9-,10?,12-/m1/s1. The molecule has 0 amide bonds. The lowest BCUT2D eigenvalue weighted by atomic mass is 9.68. The number of carbonyl (C=O) groups excluding carboxylic acids is 1. The molecule has 0 bridgehead atoms. The fourth-order valence-electron chi connectivity index (χ4n) is 2.70. The van der Waals surface area contributed by atoms with Gasteiger partial charge in [-0.05, 0) is 32.1 Å². The predicted octanol–water partition coefficient (Wildman–Crippen LogP) is 2.68. The molecule has 0 N–H and O–H groups in total. The van der Waals surface area contributed by atoms with Crippen LogP contribution in [0.5, 0.6) is 0 Å². The number of ether oxygens (including phenoxy) is 1. The summed E-state index contributed by atoms with van der Waals surface area (Å²) in [5, 5.41) is 0. The largest absolute Gasteiger partial charge is 0.462 e. The van der Waals surface area contributed by atoms with Crippen molar-refractivity contribution in [1.82, 2.24) is 0 Å². The van der Waals surface area contributed by atoms with Gasteiger partial charge in [0.2, 0.25) is 0 Å². The zero-order chi connectivity index (χ0) is 10.3. The first kappa shape index (κ1) is 9.75. The van der Waals surface area contributed by atoms with E-state index in [1.54, 1.807) is 0 Å². The van der Waals surface area contributed by atoms with E-state index in [-0.39, 0.29) is 17.5 Å². The van der Waals surface area contributed by atoms with E-state index in [0.29, 0.717) is 12.3 Å². The lowest BCUT2D eigenvalue weighted by molar-refractivity contribution is -0.142. The van der Waals surface area contributed by atoms with E-state index in [4.69, 9.17) is 4.74 Å². The maximum absolute atomic E-state index is 11.2. The van der Waals surface area contributed by atoms with Gasteiger partial charge in [0.05, 0.1) is 6.42 Å². The zero-order valence-electron chi connectivity index (χ0n) is 9.01. The Labute approximate surface area is 85.3 Å². The van der Waals surface area contributed by atoms with E-state index >= 15 is 0 Å². The molecule has 3 atom stereocenters. The van der Waals surface area contributed by atoms with Crippen molar-refractivity contribution in [2.75, 3.05) is 0 Å². The van der Waals surface area contributed by atoms with E-state index in [0.717, 1.165) is 12.8 Å². The Morgan fingerprint density at radius 3 is 3.00 bits per heavy atom. The van der Waals surface area contributed by atoms with Crippen LogP contribution in [0.4, 0.5) is 0 Å². The highest BCUT2D eigenvalue weighted by atomic mass is 16.6. The molecule has 2 heteroatoms. The fourth-order valence-corrected chi connectivity index (χ4v) is 2.70. The van der Waals surface area contributed by atoms with E-state index in [9.17, 15) is 4.79 Å². The van der Waals surface area contributed by atoms with Crippen LogP contribution in [-0.2, 0) is 9.53 Å². The molecule has 0 radical (unpaired) electrons. The van der Waals surface area contributed by atoms with Gasteiger partial charge in [0.15, 0.2) is 0 Å². The van der Waals surface area contributed by atoms with Crippen molar-refractivity contribution < 1.29 is 9.53 Å². The molecule has 2 aliphatic rings. The number of carbonyl (C=O) groups is 1. The summed E-state index contributed by atoms with van der Waals surface area (Å²) in [4.78, 5) is 11.2. The van der Waals surface area contributed by atoms with Crippen LogP contribution >= 0.6 is 0 Å². The van der Waals surface area contributed by atoms with Gasteiger partial charge in [-0.25, -0.2) is 0 Å². The average Bonchev–Trinajstić information content (AvgIpc) is 2.37. The second-order valence-corrected chi connectivity index (χ2v) is 5.13. The van der Waals surface area contributed by atoms with Gasteiger partial charge in [0.25, 0.3) is 0 Å². The topological polar surface area (TPSA) is 26.3 Å². The second-order valence-electron chi connectivity index (χ2n) is 5.13. The van der Waals surface area contributed by atoms with Crippen LogP contribution in [0.1, 0.15) is 39.5 Å². The molecule has 0 aromatic heterocycles. The van der Waals surface area contributed by atoms with Gasteiger partial charge in [-0.2, -0.15) is 0 Å². The first-order chi connectivity index (χ1) is 6.51. The third-order valence-corrected chi connectivity index (χ3v) is 3.86. The van der Waals surface area contributed by atoms with Gasteiger partial charge < -0.3 is 4.74 Å². The number of rotatable bonds is 1. The molecule has 1 aliphatic carbocycles. The minimum Gasteiger partial charge on any atom is -0.462 e. The number of fused-ring (bicyclic) bond motifs is 1. The molecule has 0 aromatic carbocycles. The van der Waals surface area contributed by atoms with Gasteiger partial charge in [0.1, 0.15) is 6.10 Å². The van der Waals surface area contributed by atoms with E-state index in [1.807, 2.05) is 0 Å². The quantitative estimate of drug-likeness (QED) is 0.474. The Bertz CT molecular complexity index is 282. The number of hydrogen-bond acceptors (Lipinski definition) is 2. The molecule has 2 nitrogen and oxygen atoms in total. The van der Waals surface area contributed by atoms with Gasteiger partial charge in [-0.15, -0.1) is 0 Å². The Balaban J connectivity index is 2.11. The van der Waals surface area contributed by atoms with E-state index in [2.05, 4.69) is 20.4 Å². The third-order valence-electron chi connectivity index (χ3n) is 3.86. The average molecular weight is 194 g/mol. The van der Waals surface area contributed by atoms with Crippen molar-refractivity contribution in [3.05, 3.63) is 12.2 Å². The van der Waals surface area contributed by atoms with Gasteiger partial charge >= 0.3 is 5.97 Å². The molecule has 0 aromatic rings. The lowest BCUT2D eigenvalue weighted by Gasteiger charge is -2.37. The van der Waals surface area contributed by atoms with Crippen molar-refractivity contribution in [3.8, 4) is 0 Å². The van der Waals surface area contributed by atoms with Crippen molar-refractivity contribution >= 4 is 5.97 Å². The van der Waals surface area contributed by atoms with Gasteiger partial charge in [0, 0.05) is 5.41 Å². The van der Waals surface area contributed by atoms with E-state index < -0.39 is 0 Å². The van der Waals surface area contributed by atoms with Crippen molar-refractivity contribution in [3.63, 3.8) is 0 Å². The summed E-state index contributed by atoms with van der Waals surface area (Å²) < 4.78 is 5.37. The third kappa shape index (κ3) is 1.47. The van der Waals surface area contributed by atoms with Crippen LogP contribution < -0.4 is 0 Å². The summed E-state index contributed by atoms with van der Waals surface area (Å²) in [5.41, 5.74) is 1.35. The second kappa shape index (κ2) is 3.11. The fraction of sp³-hybridized carbons (Fsp3) is 0.750. The summed E-state index contributed by atoms with van der Waals surface area (Å²) in [6.45, 7) is 8.25. The molecule has 1 saturated carbocycles. The Morgan fingerprint density at radius 1 is 1.64 bits per heavy atom. The highest BCUT2D eigenvalue weighted by molar-refractivity contribution is 5.73. The highest BCUT2D eigenvalue weighted by Gasteiger charge is 2.48. The first-order valence-electron chi connectivity index (χ1n) is 5.36. The Kier molecular flexibility index (Phi) is 2.17. The molecular formula is C12H18O2. The van der Waals surface area contributed by atoms with Gasteiger partial charge in [-0.1, -0.05) is 19.1 Å². The molecule has 0 spiro atoms. The first-order valence-corrected chi connectivity index (χ1v) is 5.36. The van der Waals surface area contributed by atoms with Crippen molar-refractivity contribution in [2.45, 2.75) is 45.6 Å². The summed E-state index contributed by atoms with van der Waals surface area (Å²) in [6.07, 6.45) is 4.00. The number of esters is 1. The SMILES string of the molecule is C=C(C)[C@@H]1CC[C@]2(C)CC(=O)OC2C1.